The first-order valence-corrected chi connectivity index (χ1v) is 5.43. The molecule has 1 rings (SSSR count). The van der Waals surface area contributed by atoms with Crippen LogP contribution >= 0.6 is 0 Å². The van der Waals surface area contributed by atoms with Gasteiger partial charge in [0.25, 0.3) is 0 Å². The summed E-state index contributed by atoms with van der Waals surface area (Å²) in [4.78, 5) is 4.14. The molecule has 1 atom stereocenters. The standard InChI is InChI=1S/C11H21N3/c1-4-5-6-7-10(12-2)11-8-13-9-14(11)3/h8-10,12H,4-7H2,1-3H3. The van der Waals surface area contributed by atoms with Crippen LogP contribution in [-0.4, -0.2) is 16.6 Å². The maximum Gasteiger partial charge on any atom is 0.0946 e. The van der Waals surface area contributed by atoms with Gasteiger partial charge >= 0.3 is 0 Å². The Morgan fingerprint density at radius 1 is 1.50 bits per heavy atom. The van der Waals surface area contributed by atoms with Gasteiger partial charge in [0.2, 0.25) is 0 Å². The lowest BCUT2D eigenvalue weighted by atomic mass is 10.1. The fourth-order valence-electron chi connectivity index (χ4n) is 1.74. The number of rotatable bonds is 6. The summed E-state index contributed by atoms with van der Waals surface area (Å²) in [6, 6.07) is 0.453. The number of imidazole rings is 1. The number of aryl methyl sites for hydroxylation is 1. The molecule has 1 N–H and O–H groups in total. The summed E-state index contributed by atoms with van der Waals surface area (Å²) >= 11 is 0. The van der Waals surface area contributed by atoms with E-state index in [1.165, 1.54) is 31.4 Å². The Hall–Kier alpha value is -0.830. The molecule has 80 valence electrons. The van der Waals surface area contributed by atoms with Crippen LogP contribution in [0.2, 0.25) is 0 Å². The molecule has 0 aromatic carbocycles. The van der Waals surface area contributed by atoms with Crippen molar-refractivity contribution in [2.75, 3.05) is 7.05 Å². The van der Waals surface area contributed by atoms with Crippen LogP contribution in [0.4, 0.5) is 0 Å². The molecule has 1 heterocycles. The van der Waals surface area contributed by atoms with Gasteiger partial charge in [0.05, 0.1) is 12.0 Å². The van der Waals surface area contributed by atoms with Crippen LogP contribution in [0.25, 0.3) is 0 Å². The first-order valence-electron chi connectivity index (χ1n) is 5.43. The zero-order chi connectivity index (χ0) is 10.4. The van der Waals surface area contributed by atoms with E-state index < -0.39 is 0 Å². The molecule has 0 amide bonds. The van der Waals surface area contributed by atoms with Crippen molar-refractivity contribution in [1.29, 1.82) is 0 Å². The Balaban J connectivity index is 2.50. The number of nitrogens with zero attached hydrogens (tertiary/aromatic N) is 2. The molecule has 1 aromatic heterocycles. The Kier molecular flexibility index (Phi) is 4.66. The maximum absolute atomic E-state index is 4.14. The summed E-state index contributed by atoms with van der Waals surface area (Å²) in [5.41, 5.74) is 1.28. The molecular formula is C11H21N3. The molecule has 1 aromatic rings. The average molecular weight is 195 g/mol. The fourth-order valence-corrected chi connectivity index (χ4v) is 1.74. The van der Waals surface area contributed by atoms with Gasteiger partial charge in [-0.05, 0) is 13.5 Å². The lowest BCUT2D eigenvalue weighted by Crippen LogP contribution is -2.18. The molecule has 0 radical (unpaired) electrons. The summed E-state index contributed by atoms with van der Waals surface area (Å²) in [5.74, 6) is 0. The molecule has 1 unspecified atom stereocenters. The number of unbranched alkanes of at least 4 members (excludes halogenated alkanes) is 2. The lowest BCUT2D eigenvalue weighted by molar-refractivity contribution is 0.489. The largest absolute Gasteiger partial charge is 0.336 e. The maximum atomic E-state index is 4.14. The highest BCUT2D eigenvalue weighted by Gasteiger charge is 2.11. The van der Waals surface area contributed by atoms with Gasteiger partial charge in [-0.3, -0.25) is 0 Å². The molecule has 0 aliphatic rings. The topological polar surface area (TPSA) is 29.9 Å². The predicted octanol–water partition coefficient (Wildman–Crippen LogP) is 2.26. The summed E-state index contributed by atoms with van der Waals surface area (Å²) in [5, 5.41) is 3.34. The van der Waals surface area contributed by atoms with Crippen molar-refractivity contribution in [2.24, 2.45) is 7.05 Å². The minimum atomic E-state index is 0.453. The zero-order valence-electron chi connectivity index (χ0n) is 9.45. The van der Waals surface area contributed by atoms with Crippen LogP contribution in [0.1, 0.15) is 44.3 Å². The van der Waals surface area contributed by atoms with Crippen LogP contribution in [-0.2, 0) is 7.05 Å². The van der Waals surface area contributed by atoms with E-state index in [1.54, 1.807) is 0 Å². The molecule has 3 nitrogen and oxygen atoms in total. The van der Waals surface area contributed by atoms with E-state index >= 15 is 0 Å². The molecule has 0 aliphatic carbocycles. The lowest BCUT2D eigenvalue weighted by Gasteiger charge is -2.16. The van der Waals surface area contributed by atoms with E-state index in [1.807, 2.05) is 26.6 Å². The van der Waals surface area contributed by atoms with Gasteiger partial charge in [-0.15, -0.1) is 0 Å². The van der Waals surface area contributed by atoms with E-state index in [-0.39, 0.29) is 0 Å². The second-order valence-electron chi connectivity index (χ2n) is 3.77. The van der Waals surface area contributed by atoms with Crippen molar-refractivity contribution < 1.29 is 0 Å². The monoisotopic (exact) mass is 195 g/mol. The molecule has 3 heteroatoms. The molecular weight excluding hydrogens is 174 g/mol. The minimum Gasteiger partial charge on any atom is -0.336 e. The normalized spacial score (nSPS) is 13.1. The van der Waals surface area contributed by atoms with Crippen molar-refractivity contribution in [2.45, 2.75) is 38.6 Å². The van der Waals surface area contributed by atoms with Gasteiger partial charge in [-0.1, -0.05) is 26.2 Å². The van der Waals surface area contributed by atoms with Crippen molar-refractivity contribution in [3.8, 4) is 0 Å². The Labute approximate surface area is 86.5 Å². The van der Waals surface area contributed by atoms with Gasteiger partial charge in [-0.25, -0.2) is 4.98 Å². The summed E-state index contributed by atoms with van der Waals surface area (Å²) in [7, 11) is 4.07. The molecule has 0 saturated heterocycles. The summed E-state index contributed by atoms with van der Waals surface area (Å²) in [6.07, 6.45) is 8.89. The molecule has 0 spiro atoms. The van der Waals surface area contributed by atoms with E-state index in [9.17, 15) is 0 Å². The number of hydrogen-bond acceptors (Lipinski definition) is 2. The van der Waals surface area contributed by atoms with E-state index in [4.69, 9.17) is 0 Å². The van der Waals surface area contributed by atoms with Crippen LogP contribution in [0.15, 0.2) is 12.5 Å². The molecule has 0 aliphatic heterocycles. The predicted molar refractivity (Wildman–Crippen MR) is 59.2 cm³/mol. The third-order valence-electron chi connectivity index (χ3n) is 2.66. The van der Waals surface area contributed by atoms with Crippen LogP contribution in [0.3, 0.4) is 0 Å². The average Bonchev–Trinajstić information content (AvgIpc) is 2.60. The van der Waals surface area contributed by atoms with E-state index in [0.29, 0.717) is 6.04 Å². The molecule has 0 bridgehead atoms. The fraction of sp³-hybridized carbons (Fsp3) is 0.727. The highest BCUT2D eigenvalue weighted by Crippen LogP contribution is 2.18. The minimum absolute atomic E-state index is 0.453. The van der Waals surface area contributed by atoms with Crippen LogP contribution < -0.4 is 5.32 Å². The molecule has 14 heavy (non-hydrogen) atoms. The quantitative estimate of drug-likeness (QED) is 0.706. The number of hydrogen-bond donors (Lipinski definition) is 1. The van der Waals surface area contributed by atoms with Gasteiger partial charge in [0.15, 0.2) is 0 Å². The Morgan fingerprint density at radius 3 is 2.79 bits per heavy atom. The van der Waals surface area contributed by atoms with E-state index in [0.717, 1.165) is 0 Å². The first kappa shape index (κ1) is 11.2. The molecule has 0 saturated carbocycles. The third-order valence-corrected chi connectivity index (χ3v) is 2.66. The second kappa shape index (κ2) is 5.81. The van der Waals surface area contributed by atoms with Crippen LogP contribution in [0.5, 0.6) is 0 Å². The van der Waals surface area contributed by atoms with Crippen molar-refractivity contribution in [3.05, 3.63) is 18.2 Å². The Morgan fingerprint density at radius 2 is 2.29 bits per heavy atom. The summed E-state index contributed by atoms with van der Waals surface area (Å²) < 4.78 is 2.09. The second-order valence-corrected chi connectivity index (χ2v) is 3.77. The van der Waals surface area contributed by atoms with Gasteiger partial charge in [-0.2, -0.15) is 0 Å². The number of nitrogens with one attached hydrogen (secondary N) is 1. The van der Waals surface area contributed by atoms with Crippen molar-refractivity contribution in [1.82, 2.24) is 14.9 Å². The SMILES string of the molecule is CCCCCC(NC)c1cncn1C. The third kappa shape index (κ3) is 2.84. The smallest absolute Gasteiger partial charge is 0.0946 e. The number of aromatic nitrogens is 2. The van der Waals surface area contributed by atoms with Crippen molar-refractivity contribution in [3.63, 3.8) is 0 Å². The highest BCUT2D eigenvalue weighted by molar-refractivity contribution is 5.04. The first-order chi connectivity index (χ1) is 6.79. The van der Waals surface area contributed by atoms with Gasteiger partial charge in [0.1, 0.15) is 0 Å². The van der Waals surface area contributed by atoms with Crippen LogP contribution in [0, 0.1) is 0 Å². The molecule has 0 fully saturated rings. The summed E-state index contributed by atoms with van der Waals surface area (Å²) in [6.45, 7) is 2.23. The van der Waals surface area contributed by atoms with Gasteiger partial charge in [0, 0.05) is 19.3 Å². The highest BCUT2D eigenvalue weighted by atomic mass is 15.1. The van der Waals surface area contributed by atoms with E-state index in [2.05, 4.69) is 21.8 Å². The zero-order valence-corrected chi connectivity index (χ0v) is 9.45. The van der Waals surface area contributed by atoms with Gasteiger partial charge < -0.3 is 9.88 Å². The van der Waals surface area contributed by atoms with Crippen molar-refractivity contribution >= 4 is 0 Å². The Bertz CT molecular complexity index is 255.